The van der Waals surface area contributed by atoms with Gasteiger partial charge < -0.3 is 10.5 Å². The molecule has 0 radical (unpaired) electrons. The minimum absolute atomic E-state index is 0.0735. The van der Waals surface area contributed by atoms with Crippen LogP contribution in [0.1, 0.15) is 23.4 Å². The van der Waals surface area contributed by atoms with Crippen LogP contribution in [0.25, 0.3) is 0 Å². The van der Waals surface area contributed by atoms with E-state index < -0.39 is 12.8 Å². The van der Waals surface area contributed by atoms with Gasteiger partial charge in [-0.1, -0.05) is 0 Å². The summed E-state index contributed by atoms with van der Waals surface area (Å²) < 4.78 is 41.9. The highest BCUT2D eigenvalue weighted by Crippen LogP contribution is 2.15. The molecule has 1 rings (SSSR count). The van der Waals surface area contributed by atoms with E-state index in [-0.39, 0.29) is 6.61 Å². The molecular weight excluding hydrogens is 259 g/mol. The van der Waals surface area contributed by atoms with Crippen LogP contribution in [0.15, 0.2) is 0 Å². The second kappa shape index (κ2) is 6.91. The molecule has 0 atom stereocenters. The molecule has 0 saturated heterocycles. The number of aromatic nitrogens is 2. The van der Waals surface area contributed by atoms with Crippen LogP contribution in [-0.4, -0.2) is 35.7 Å². The second-order valence-electron chi connectivity index (χ2n) is 4.43. The molecule has 0 aliphatic rings. The number of hydrogen-bond donors (Lipinski definition) is 1. The van der Waals surface area contributed by atoms with Gasteiger partial charge in [-0.25, -0.2) is 0 Å². The van der Waals surface area contributed by atoms with E-state index in [0.29, 0.717) is 19.5 Å². The summed E-state index contributed by atoms with van der Waals surface area (Å²) in [5, 5.41) is 4.36. The first kappa shape index (κ1) is 16.0. The van der Waals surface area contributed by atoms with E-state index in [0.717, 1.165) is 23.4 Å². The van der Waals surface area contributed by atoms with Crippen molar-refractivity contribution in [2.45, 2.75) is 39.4 Å². The molecule has 2 N–H and O–H groups in total. The lowest BCUT2D eigenvalue weighted by Crippen LogP contribution is -2.18. The Labute approximate surface area is 110 Å². The fourth-order valence-electron chi connectivity index (χ4n) is 1.96. The van der Waals surface area contributed by atoms with Crippen LogP contribution in [0, 0.1) is 13.8 Å². The first-order chi connectivity index (χ1) is 8.85. The molecular formula is C12H20F3N3O. The Balaban J connectivity index is 2.40. The zero-order valence-electron chi connectivity index (χ0n) is 11.3. The van der Waals surface area contributed by atoms with Crippen LogP contribution in [0.2, 0.25) is 0 Å². The van der Waals surface area contributed by atoms with E-state index in [1.165, 1.54) is 0 Å². The average Bonchev–Trinajstić information content (AvgIpc) is 2.55. The molecule has 4 nitrogen and oxygen atoms in total. The van der Waals surface area contributed by atoms with Gasteiger partial charge in [0.15, 0.2) is 0 Å². The highest BCUT2D eigenvalue weighted by molar-refractivity contribution is 5.24. The van der Waals surface area contributed by atoms with Gasteiger partial charge in [-0.3, -0.25) is 4.68 Å². The number of aryl methyl sites for hydroxylation is 2. The molecule has 0 amide bonds. The Morgan fingerprint density at radius 1 is 1.32 bits per heavy atom. The zero-order valence-corrected chi connectivity index (χ0v) is 11.3. The maximum absolute atomic E-state index is 11.9. The summed E-state index contributed by atoms with van der Waals surface area (Å²) in [5.74, 6) is 0. The summed E-state index contributed by atoms with van der Waals surface area (Å²) in [6, 6.07) is 0. The van der Waals surface area contributed by atoms with Crippen molar-refractivity contribution in [2.24, 2.45) is 5.73 Å². The average molecular weight is 279 g/mol. The highest BCUT2D eigenvalue weighted by Gasteiger charge is 2.27. The van der Waals surface area contributed by atoms with Gasteiger partial charge in [-0.2, -0.15) is 18.3 Å². The topological polar surface area (TPSA) is 53.1 Å². The third-order valence-corrected chi connectivity index (χ3v) is 2.85. The summed E-state index contributed by atoms with van der Waals surface area (Å²) in [5.41, 5.74) is 8.60. The predicted octanol–water partition coefficient (Wildman–Crippen LogP) is 1.97. The maximum Gasteiger partial charge on any atom is 0.411 e. The van der Waals surface area contributed by atoms with Crippen molar-refractivity contribution >= 4 is 0 Å². The second-order valence-corrected chi connectivity index (χ2v) is 4.43. The van der Waals surface area contributed by atoms with Crippen molar-refractivity contribution in [3.8, 4) is 0 Å². The zero-order chi connectivity index (χ0) is 14.5. The SMILES string of the molecule is Cc1nn(CCCOCC(F)(F)F)c(C)c1CCN. The number of nitrogens with two attached hydrogens (primary N) is 1. The van der Waals surface area contributed by atoms with Crippen molar-refractivity contribution in [3.05, 3.63) is 17.0 Å². The van der Waals surface area contributed by atoms with E-state index in [2.05, 4.69) is 9.84 Å². The van der Waals surface area contributed by atoms with Gasteiger partial charge in [0.25, 0.3) is 0 Å². The highest BCUT2D eigenvalue weighted by atomic mass is 19.4. The largest absolute Gasteiger partial charge is 0.411 e. The Hall–Kier alpha value is -1.08. The number of ether oxygens (including phenoxy) is 1. The van der Waals surface area contributed by atoms with Crippen molar-refractivity contribution in [1.82, 2.24) is 9.78 Å². The molecule has 0 bridgehead atoms. The first-order valence-corrected chi connectivity index (χ1v) is 6.22. The standard InChI is InChI=1S/C12H20F3N3O/c1-9-11(4-5-16)10(2)18(17-9)6-3-7-19-8-12(13,14)15/h3-8,16H2,1-2H3. The van der Waals surface area contributed by atoms with Crippen molar-refractivity contribution in [2.75, 3.05) is 19.8 Å². The molecule has 19 heavy (non-hydrogen) atoms. The van der Waals surface area contributed by atoms with E-state index in [1.807, 2.05) is 13.8 Å². The Morgan fingerprint density at radius 3 is 2.58 bits per heavy atom. The van der Waals surface area contributed by atoms with Gasteiger partial charge in [0.2, 0.25) is 0 Å². The van der Waals surface area contributed by atoms with Gasteiger partial charge in [0.05, 0.1) is 5.69 Å². The molecule has 0 aromatic carbocycles. The van der Waals surface area contributed by atoms with Gasteiger partial charge in [-0.05, 0) is 38.8 Å². The number of alkyl halides is 3. The summed E-state index contributed by atoms with van der Waals surface area (Å²) in [6.07, 6.45) is -2.99. The minimum atomic E-state index is -4.26. The Kier molecular flexibility index (Phi) is 5.81. The van der Waals surface area contributed by atoms with E-state index >= 15 is 0 Å². The molecule has 1 aromatic heterocycles. The quantitative estimate of drug-likeness (QED) is 0.776. The summed E-state index contributed by atoms with van der Waals surface area (Å²) in [4.78, 5) is 0. The fourth-order valence-corrected chi connectivity index (χ4v) is 1.96. The fraction of sp³-hybridized carbons (Fsp3) is 0.750. The van der Waals surface area contributed by atoms with Crippen LogP contribution >= 0.6 is 0 Å². The van der Waals surface area contributed by atoms with Crippen molar-refractivity contribution in [3.63, 3.8) is 0 Å². The van der Waals surface area contributed by atoms with Gasteiger partial charge >= 0.3 is 6.18 Å². The number of hydrogen-bond acceptors (Lipinski definition) is 3. The van der Waals surface area contributed by atoms with Crippen molar-refractivity contribution in [1.29, 1.82) is 0 Å². The van der Waals surface area contributed by atoms with Gasteiger partial charge in [0, 0.05) is 18.8 Å². The molecule has 0 aliphatic carbocycles. The molecule has 1 heterocycles. The summed E-state index contributed by atoms with van der Waals surface area (Å²) in [6.45, 7) is 3.85. The number of halogens is 3. The molecule has 7 heteroatoms. The molecule has 110 valence electrons. The van der Waals surface area contributed by atoms with E-state index in [9.17, 15) is 13.2 Å². The van der Waals surface area contributed by atoms with Crippen LogP contribution < -0.4 is 5.73 Å². The normalized spacial score (nSPS) is 12.1. The molecule has 0 fully saturated rings. The van der Waals surface area contributed by atoms with Gasteiger partial charge in [0.1, 0.15) is 6.61 Å². The molecule has 0 aliphatic heterocycles. The number of nitrogens with zero attached hydrogens (tertiary/aromatic N) is 2. The third-order valence-electron chi connectivity index (χ3n) is 2.85. The molecule has 1 aromatic rings. The maximum atomic E-state index is 11.9. The first-order valence-electron chi connectivity index (χ1n) is 6.22. The molecule has 0 spiro atoms. The monoisotopic (exact) mass is 279 g/mol. The van der Waals surface area contributed by atoms with Crippen LogP contribution in [0.4, 0.5) is 13.2 Å². The molecule has 0 saturated carbocycles. The summed E-state index contributed by atoms with van der Waals surface area (Å²) in [7, 11) is 0. The number of rotatable bonds is 7. The lowest BCUT2D eigenvalue weighted by Gasteiger charge is -2.08. The lowest BCUT2D eigenvalue weighted by molar-refractivity contribution is -0.174. The Morgan fingerprint density at radius 2 is 2.00 bits per heavy atom. The van der Waals surface area contributed by atoms with Crippen LogP contribution in [-0.2, 0) is 17.7 Å². The van der Waals surface area contributed by atoms with E-state index in [1.54, 1.807) is 4.68 Å². The Bertz CT molecular complexity index is 402. The molecule has 0 unspecified atom stereocenters. The van der Waals surface area contributed by atoms with Crippen LogP contribution in [0.3, 0.4) is 0 Å². The smallest absolute Gasteiger partial charge is 0.372 e. The lowest BCUT2D eigenvalue weighted by atomic mass is 10.1. The predicted molar refractivity (Wildman–Crippen MR) is 66.0 cm³/mol. The van der Waals surface area contributed by atoms with Gasteiger partial charge in [-0.15, -0.1) is 0 Å². The van der Waals surface area contributed by atoms with Crippen LogP contribution in [0.5, 0.6) is 0 Å². The van der Waals surface area contributed by atoms with Crippen molar-refractivity contribution < 1.29 is 17.9 Å². The summed E-state index contributed by atoms with van der Waals surface area (Å²) >= 11 is 0. The minimum Gasteiger partial charge on any atom is -0.372 e. The van der Waals surface area contributed by atoms with E-state index in [4.69, 9.17) is 5.73 Å². The third kappa shape index (κ3) is 5.20.